The highest BCUT2D eigenvalue weighted by atomic mass is 19.1. The first-order chi connectivity index (χ1) is 12.6. The standard InChI is InChI=1S/C21H21FN2O2/c22-16-7-4-8-17(12-16)24-13-15(11-20(24)25)21(26)23-19-10-3-6-14-5-1-2-9-18(14)19/h1-2,4-5,7-9,12,15,19H,3,6,10-11,13H2,(H,23,26)/t15-,19+/m0/s1. The second-order valence-electron chi connectivity index (χ2n) is 7.04. The number of amides is 2. The largest absolute Gasteiger partial charge is 0.349 e. The molecule has 26 heavy (non-hydrogen) atoms. The van der Waals surface area contributed by atoms with Gasteiger partial charge in [-0.25, -0.2) is 4.39 Å². The van der Waals surface area contributed by atoms with Crippen LogP contribution in [0.2, 0.25) is 0 Å². The van der Waals surface area contributed by atoms with Crippen LogP contribution in [0.4, 0.5) is 10.1 Å². The van der Waals surface area contributed by atoms with Crippen LogP contribution >= 0.6 is 0 Å². The van der Waals surface area contributed by atoms with Crippen molar-refractivity contribution in [3.05, 3.63) is 65.5 Å². The third-order valence-electron chi connectivity index (χ3n) is 5.30. The molecule has 1 N–H and O–H groups in total. The van der Waals surface area contributed by atoms with E-state index < -0.39 is 5.92 Å². The number of rotatable bonds is 3. The number of nitrogens with one attached hydrogen (secondary N) is 1. The van der Waals surface area contributed by atoms with E-state index in [-0.39, 0.29) is 30.1 Å². The van der Waals surface area contributed by atoms with Crippen molar-refractivity contribution in [3.8, 4) is 0 Å². The van der Waals surface area contributed by atoms with Crippen molar-refractivity contribution in [2.45, 2.75) is 31.7 Å². The minimum absolute atomic E-state index is 0.00534. The molecule has 1 saturated heterocycles. The van der Waals surface area contributed by atoms with Crippen molar-refractivity contribution in [2.24, 2.45) is 5.92 Å². The first kappa shape index (κ1) is 16.8. The van der Waals surface area contributed by atoms with Crippen LogP contribution in [0.15, 0.2) is 48.5 Å². The molecule has 1 heterocycles. The first-order valence-corrected chi connectivity index (χ1v) is 9.06. The van der Waals surface area contributed by atoms with Crippen molar-refractivity contribution >= 4 is 17.5 Å². The Balaban J connectivity index is 1.46. The van der Waals surface area contributed by atoms with Crippen molar-refractivity contribution in [2.75, 3.05) is 11.4 Å². The van der Waals surface area contributed by atoms with E-state index in [1.165, 1.54) is 28.2 Å². The molecule has 0 bridgehead atoms. The molecule has 0 spiro atoms. The fourth-order valence-corrected chi connectivity index (χ4v) is 3.97. The van der Waals surface area contributed by atoms with E-state index >= 15 is 0 Å². The summed E-state index contributed by atoms with van der Waals surface area (Å²) < 4.78 is 13.4. The van der Waals surface area contributed by atoms with Gasteiger partial charge in [0.15, 0.2) is 0 Å². The van der Waals surface area contributed by atoms with Crippen LogP contribution in [0.3, 0.4) is 0 Å². The molecule has 1 aliphatic heterocycles. The van der Waals surface area contributed by atoms with E-state index in [0.29, 0.717) is 12.2 Å². The van der Waals surface area contributed by atoms with Gasteiger partial charge in [-0.3, -0.25) is 9.59 Å². The van der Waals surface area contributed by atoms with Crippen molar-refractivity contribution in [1.29, 1.82) is 0 Å². The Bertz CT molecular complexity index is 851. The molecule has 4 nitrogen and oxygen atoms in total. The number of fused-ring (bicyclic) bond motifs is 1. The van der Waals surface area contributed by atoms with Crippen LogP contribution in [-0.4, -0.2) is 18.4 Å². The van der Waals surface area contributed by atoms with E-state index in [4.69, 9.17) is 0 Å². The highest BCUT2D eigenvalue weighted by Crippen LogP contribution is 2.31. The number of hydrogen-bond acceptors (Lipinski definition) is 2. The van der Waals surface area contributed by atoms with Gasteiger partial charge in [0.05, 0.1) is 12.0 Å². The predicted octanol–water partition coefficient (Wildman–Crippen LogP) is 3.37. The van der Waals surface area contributed by atoms with Crippen LogP contribution in [-0.2, 0) is 16.0 Å². The average Bonchev–Trinajstić information content (AvgIpc) is 3.04. The van der Waals surface area contributed by atoms with E-state index in [2.05, 4.69) is 17.4 Å². The summed E-state index contributed by atoms with van der Waals surface area (Å²) in [6.07, 6.45) is 3.16. The van der Waals surface area contributed by atoms with Crippen LogP contribution in [0, 0.1) is 11.7 Å². The number of carbonyl (C=O) groups excluding carboxylic acids is 2. The summed E-state index contributed by atoms with van der Waals surface area (Å²) in [5.41, 5.74) is 2.97. The molecule has 4 rings (SSSR count). The molecular weight excluding hydrogens is 331 g/mol. The Morgan fingerprint density at radius 1 is 1.15 bits per heavy atom. The molecule has 2 atom stereocenters. The third kappa shape index (κ3) is 3.21. The molecule has 2 aliphatic rings. The smallest absolute Gasteiger partial charge is 0.227 e. The predicted molar refractivity (Wildman–Crippen MR) is 97.1 cm³/mol. The normalized spacial score (nSPS) is 22.2. The fourth-order valence-electron chi connectivity index (χ4n) is 3.97. The van der Waals surface area contributed by atoms with Gasteiger partial charge in [0, 0.05) is 18.7 Å². The molecule has 1 fully saturated rings. The molecular formula is C21H21FN2O2. The highest BCUT2D eigenvalue weighted by molar-refractivity contribution is 6.00. The van der Waals surface area contributed by atoms with E-state index in [1.54, 1.807) is 12.1 Å². The Labute approximate surface area is 152 Å². The zero-order chi connectivity index (χ0) is 18.1. The van der Waals surface area contributed by atoms with Gasteiger partial charge in [-0.05, 0) is 48.6 Å². The monoisotopic (exact) mass is 352 g/mol. The summed E-state index contributed by atoms with van der Waals surface area (Å²) in [5, 5.41) is 3.13. The maximum Gasteiger partial charge on any atom is 0.227 e. The minimum atomic E-state index is -0.403. The Kier molecular flexibility index (Phi) is 4.45. The molecule has 0 unspecified atom stereocenters. The topological polar surface area (TPSA) is 49.4 Å². The second kappa shape index (κ2) is 6.90. The summed E-state index contributed by atoms with van der Waals surface area (Å²) in [4.78, 5) is 26.6. The van der Waals surface area contributed by atoms with Gasteiger partial charge in [-0.15, -0.1) is 0 Å². The Hall–Kier alpha value is -2.69. The Morgan fingerprint density at radius 2 is 2.00 bits per heavy atom. The molecule has 0 aromatic heterocycles. The molecule has 0 saturated carbocycles. The van der Waals surface area contributed by atoms with Crippen LogP contribution in [0.5, 0.6) is 0 Å². The van der Waals surface area contributed by atoms with Gasteiger partial charge in [0.1, 0.15) is 5.82 Å². The zero-order valence-electron chi connectivity index (χ0n) is 14.5. The van der Waals surface area contributed by atoms with Gasteiger partial charge < -0.3 is 10.2 Å². The molecule has 0 radical (unpaired) electrons. The average molecular weight is 352 g/mol. The number of halogens is 1. The van der Waals surface area contributed by atoms with Gasteiger partial charge in [-0.1, -0.05) is 30.3 Å². The maximum absolute atomic E-state index is 13.4. The lowest BCUT2D eigenvalue weighted by Crippen LogP contribution is -2.36. The number of carbonyl (C=O) groups is 2. The minimum Gasteiger partial charge on any atom is -0.349 e. The summed E-state index contributed by atoms with van der Waals surface area (Å²) >= 11 is 0. The zero-order valence-corrected chi connectivity index (χ0v) is 14.5. The maximum atomic E-state index is 13.4. The van der Waals surface area contributed by atoms with E-state index in [1.807, 2.05) is 12.1 Å². The highest BCUT2D eigenvalue weighted by Gasteiger charge is 2.36. The molecule has 2 aromatic rings. The first-order valence-electron chi connectivity index (χ1n) is 9.06. The molecule has 134 valence electrons. The van der Waals surface area contributed by atoms with Crippen LogP contribution < -0.4 is 10.2 Å². The number of anilines is 1. The third-order valence-corrected chi connectivity index (χ3v) is 5.30. The quantitative estimate of drug-likeness (QED) is 0.921. The van der Waals surface area contributed by atoms with Gasteiger partial charge in [0.2, 0.25) is 11.8 Å². The van der Waals surface area contributed by atoms with Crippen LogP contribution in [0.1, 0.15) is 36.4 Å². The van der Waals surface area contributed by atoms with Crippen molar-refractivity contribution in [1.82, 2.24) is 5.32 Å². The van der Waals surface area contributed by atoms with Gasteiger partial charge in [0.25, 0.3) is 0 Å². The Morgan fingerprint density at radius 3 is 2.85 bits per heavy atom. The summed E-state index contributed by atoms with van der Waals surface area (Å²) in [6, 6.07) is 14.1. The van der Waals surface area contributed by atoms with Gasteiger partial charge >= 0.3 is 0 Å². The lowest BCUT2D eigenvalue weighted by atomic mass is 9.87. The molecule has 2 aromatic carbocycles. The van der Waals surface area contributed by atoms with E-state index in [9.17, 15) is 14.0 Å². The van der Waals surface area contributed by atoms with Crippen LogP contribution in [0.25, 0.3) is 0 Å². The number of nitrogens with zero attached hydrogens (tertiary/aromatic N) is 1. The molecule has 5 heteroatoms. The number of aryl methyl sites for hydroxylation is 1. The SMILES string of the molecule is O=C(N[C@@H]1CCCc2ccccc21)[C@H]1CC(=O)N(c2cccc(F)c2)C1. The molecule has 1 aliphatic carbocycles. The lowest BCUT2D eigenvalue weighted by Gasteiger charge is -2.27. The van der Waals surface area contributed by atoms with E-state index in [0.717, 1.165) is 19.3 Å². The second-order valence-corrected chi connectivity index (χ2v) is 7.04. The molecule has 2 amide bonds. The van der Waals surface area contributed by atoms with Gasteiger partial charge in [-0.2, -0.15) is 0 Å². The van der Waals surface area contributed by atoms with Crippen molar-refractivity contribution in [3.63, 3.8) is 0 Å². The summed E-state index contributed by atoms with van der Waals surface area (Å²) in [6.45, 7) is 0.294. The van der Waals surface area contributed by atoms with Crippen molar-refractivity contribution < 1.29 is 14.0 Å². The number of hydrogen-bond donors (Lipinski definition) is 1. The fraction of sp³-hybridized carbons (Fsp3) is 0.333. The number of benzene rings is 2. The summed E-state index contributed by atoms with van der Waals surface area (Å²) in [5.74, 6) is -1.03. The lowest BCUT2D eigenvalue weighted by molar-refractivity contribution is -0.127. The summed E-state index contributed by atoms with van der Waals surface area (Å²) in [7, 11) is 0.